The molecule has 0 bridgehead atoms. The Labute approximate surface area is 194 Å². The first-order valence-corrected chi connectivity index (χ1v) is 11.6. The van der Waals surface area contributed by atoms with E-state index >= 15 is 0 Å². The van der Waals surface area contributed by atoms with E-state index in [1.165, 1.54) is 4.90 Å². The molecule has 4 rings (SSSR count). The molecule has 174 valence electrons. The number of hydrogen-bond donors (Lipinski definition) is 0. The van der Waals surface area contributed by atoms with Gasteiger partial charge in [0, 0.05) is 52.2 Å². The Bertz CT molecular complexity index is 978. The Morgan fingerprint density at radius 2 is 1.55 bits per heavy atom. The molecule has 9 heteroatoms. The van der Waals surface area contributed by atoms with Crippen LogP contribution in [0.3, 0.4) is 0 Å². The normalized spacial score (nSPS) is 15.8. The third kappa shape index (κ3) is 4.67. The summed E-state index contributed by atoms with van der Waals surface area (Å²) in [4.78, 5) is 44.9. The highest BCUT2D eigenvalue weighted by Crippen LogP contribution is 2.23. The van der Waals surface area contributed by atoms with E-state index in [9.17, 15) is 14.4 Å². The van der Waals surface area contributed by atoms with Crippen molar-refractivity contribution in [1.82, 2.24) is 20.0 Å². The molecule has 2 aliphatic rings. The van der Waals surface area contributed by atoms with E-state index in [-0.39, 0.29) is 24.3 Å². The van der Waals surface area contributed by atoms with Crippen molar-refractivity contribution in [2.45, 2.75) is 26.7 Å². The SMILES string of the molecule is CCN(CC)c1ccc(N2CCN(C(=O)CCCN3C(=O)c4ccccc4C3=O)CC2)nn1. The summed E-state index contributed by atoms with van der Waals surface area (Å²) in [6.07, 6.45) is 0.772. The van der Waals surface area contributed by atoms with Crippen LogP contribution in [0.1, 0.15) is 47.4 Å². The van der Waals surface area contributed by atoms with Crippen LogP contribution in [0.4, 0.5) is 11.6 Å². The maximum atomic E-state index is 12.7. The summed E-state index contributed by atoms with van der Waals surface area (Å²) in [7, 11) is 0. The van der Waals surface area contributed by atoms with Gasteiger partial charge in [0.05, 0.1) is 11.1 Å². The van der Waals surface area contributed by atoms with Gasteiger partial charge < -0.3 is 14.7 Å². The minimum absolute atomic E-state index is 0.0502. The zero-order valence-electron chi connectivity index (χ0n) is 19.2. The fraction of sp³-hybridized carbons (Fsp3) is 0.458. The number of benzene rings is 1. The Morgan fingerprint density at radius 1 is 0.909 bits per heavy atom. The van der Waals surface area contributed by atoms with Crippen LogP contribution in [0.5, 0.6) is 0 Å². The maximum Gasteiger partial charge on any atom is 0.261 e. The van der Waals surface area contributed by atoms with E-state index in [1.807, 2.05) is 17.0 Å². The van der Waals surface area contributed by atoms with E-state index in [2.05, 4.69) is 33.8 Å². The van der Waals surface area contributed by atoms with Gasteiger partial charge in [-0.25, -0.2) is 0 Å². The van der Waals surface area contributed by atoms with Crippen molar-refractivity contribution in [3.63, 3.8) is 0 Å². The summed E-state index contributed by atoms with van der Waals surface area (Å²) in [5, 5.41) is 8.73. The smallest absolute Gasteiger partial charge is 0.261 e. The number of carbonyl (C=O) groups excluding carboxylic acids is 3. The fourth-order valence-electron chi connectivity index (χ4n) is 4.38. The first kappa shape index (κ1) is 22.7. The van der Waals surface area contributed by atoms with Crippen molar-refractivity contribution in [3.05, 3.63) is 47.5 Å². The highest BCUT2D eigenvalue weighted by molar-refractivity contribution is 6.21. The van der Waals surface area contributed by atoms with Crippen LogP contribution >= 0.6 is 0 Å². The molecule has 0 radical (unpaired) electrons. The van der Waals surface area contributed by atoms with Gasteiger partial charge in [-0.1, -0.05) is 12.1 Å². The molecule has 0 atom stereocenters. The second-order valence-electron chi connectivity index (χ2n) is 8.20. The number of rotatable bonds is 8. The summed E-state index contributed by atoms with van der Waals surface area (Å²) in [5.41, 5.74) is 0.886. The molecule has 33 heavy (non-hydrogen) atoms. The van der Waals surface area contributed by atoms with Crippen LogP contribution in [-0.4, -0.2) is 83.5 Å². The first-order chi connectivity index (χ1) is 16.0. The van der Waals surface area contributed by atoms with E-state index in [1.54, 1.807) is 24.3 Å². The molecule has 0 saturated carbocycles. The topological polar surface area (TPSA) is 90.0 Å². The lowest BCUT2D eigenvalue weighted by Crippen LogP contribution is -2.49. The fourth-order valence-corrected chi connectivity index (χ4v) is 4.38. The molecule has 3 heterocycles. The average molecular weight is 451 g/mol. The lowest BCUT2D eigenvalue weighted by Gasteiger charge is -2.35. The summed E-state index contributed by atoms with van der Waals surface area (Å²) >= 11 is 0. The van der Waals surface area contributed by atoms with Gasteiger partial charge in [0.25, 0.3) is 11.8 Å². The Balaban J connectivity index is 1.23. The molecule has 2 aliphatic heterocycles. The number of carbonyl (C=O) groups is 3. The molecule has 1 aromatic heterocycles. The van der Waals surface area contributed by atoms with Crippen molar-refractivity contribution in [2.75, 3.05) is 55.6 Å². The molecular weight excluding hydrogens is 420 g/mol. The Kier molecular flexibility index (Phi) is 6.86. The summed E-state index contributed by atoms with van der Waals surface area (Å²) < 4.78 is 0. The standard InChI is InChI=1S/C24H30N6O3/c1-3-27(4-2)20-11-12-21(26-25-20)28-14-16-29(17-15-28)22(31)10-7-13-30-23(32)18-8-5-6-9-19(18)24(30)33/h5-6,8-9,11-12H,3-4,7,10,13-17H2,1-2H3. The molecule has 0 aliphatic carbocycles. The van der Waals surface area contributed by atoms with Crippen LogP contribution in [0, 0.1) is 0 Å². The molecule has 0 spiro atoms. The lowest BCUT2D eigenvalue weighted by molar-refractivity contribution is -0.131. The lowest BCUT2D eigenvalue weighted by atomic mass is 10.1. The van der Waals surface area contributed by atoms with Crippen LogP contribution in [0.15, 0.2) is 36.4 Å². The van der Waals surface area contributed by atoms with Gasteiger partial charge in [-0.2, -0.15) is 0 Å². The molecule has 0 unspecified atom stereocenters. The third-order valence-corrected chi connectivity index (χ3v) is 6.33. The first-order valence-electron chi connectivity index (χ1n) is 11.6. The van der Waals surface area contributed by atoms with Crippen molar-refractivity contribution < 1.29 is 14.4 Å². The van der Waals surface area contributed by atoms with Gasteiger partial charge in [0.1, 0.15) is 0 Å². The highest BCUT2D eigenvalue weighted by Gasteiger charge is 2.34. The van der Waals surface area contributed by atoms with E-state index in [0.29, 0.717) is 50.1 Å². The molecule has 0 N–H and O–H groups in total. The van der Waals surface area contributed by atoms with Gasteiger partial charge in [-0.3, -0.25) is 19.3 Å². The zero-order chi connectivity index (χ0) is 23.4. The number of fused-ring (bicyclic) bond motifs is 1. The monoisotopic (exact) mass is 450 g/mol. The minimum Gasteiger partial charge on any atom is -0.356 e. The predicted molar refractivity (Wildman–Crippen MR) is 125 cm³/mol. The molecule has 3 amide bonds. The number of aromatic nitrogens is 2. The largest absolute Gasteiger partial charge is 0.356 e. The number of imide groups is 1. The molecular formula is C24H30N6O3. The summed E-state index contributed by atoms with van der Waals surface area (Å²) in [6.45, 7) is 8.84. The predicted octanol–water partition coefficient (Wildman–Crippen LogP) is 2.05. The Morgan fingerprint density at radius 3 is 2.09 bits per heavy atom. The van der Waals surface area contributed by atoms with Crippen LogP contribution < -0.4 is 9.80 Å². The van der Waals surface area contributed by atoms with Crippen molar-refractivity contribution in [2.24, 2.45) is 0 Å². The number of hydrogen-bond acceptors (Lipinski definition) is 7. The van der Waals surface area contributed by atoms with Gasteiger partial charge >= 0.3 is 0 Å². The van der Waals surface area contributed by atoms with Crippen molar-refractivity contribution in [3.8, 4) is 0 Å². The second kappa shape index (κ2) is 9.97. The summed E-state index contributed by atoms with van der Waals surface area (Å²) in [5.74, 6) is 1.20. The second-order valence-corrected chi connectivity index (χ2v) is 8.20. The number of piperazine rings is 1. The van der Waals surface area contributed by atoms with E-state index in [4.69, 9.17) is 0 Å². The molecule has 9 nitrogen and oxygen atoms in total. The van der Waals surface area contributed by atoms with Crippen molar-refractivity contribution >= 4 is 29.4 Å². The number of nitrogens with zero attached hydrogens (tertiary/aromatic N) is 6. The molecule has 1 fully saturated rings. The zero-order valence-corrected chi connectivity index (χ0v) is 19.2. The van der Waals surface area contributed by atoms with Gasteiger partial charge in [0.2, 0.25) is 5.91 Å². The van der Waals surface area contributed by atoms with E-state index in [0.717, 1.165) is 24.7 Å². The van der Waals surface area contributed by atoms with Crippen molar-refractivity contribution in [1.29, 1.82) is 0 Å². The summed E-state index contributed by atoms with van der Waals surface area (Å²) in [6, 6.07) is 10.8. The van der Waals surface area contributed by atoms with E-state index < -0.39 is 0 Å². The van der Waals surface area contributed by atoms with Crippen LogP contribution in [-0.2, 0) is 4.79 Å². The van der Waals surface area contributed by atoms with Gasteiger partial charge in [-0.05, 0) is 44.5 Å². The minimum atomic E-state index is -0.273. The highest BCUT2D eigenvalue weighted by atomic mass is 16.2. The molecule has 2 aromatic rings. The molecule has 1 saturated heterocycles. The quantitative estimate of drug-likeness (QED) is 0.569. The van der Waals surface area contributed by atoms with Crippen LogP contribution in [0.25, 0.3) is 0 Å². The average Bonchev–Trinajstić information content (AvgIpc) is 3.10. The third-order valence-electron chi connectivity index (χ3n) is 6.33. The number of anilines is 2. The Hall–Kier alpha value is -3.49. The van der Waals surface area contributed by atoms with Gasteiger partial charge in [-0.15, -0.1) is 10.2 Å². The van der Waals surface area contributed by atoms with Gasteiger partial charge in [0.15, 0.2) is 11.6 Å². The maximum absolute atomic E-state index is 12.7. The number of amides is 3. The van der Waals surface area contributed by atoms with Crippen LogP contribution in [0.2, 0.25) is 0 Å². The molecule has 1 aromatic carbocycles.